The zero-order valence-corrected chi connectivity index (χ0v) is 28.1. The molecule has 0 spiro atoms. The van der Waals surface area contributed by atoms with Crippen molar-refractivity contribution in [2.24, 2.45) is 0 Å². The molecule has 1 unspecified atom stereocenters. The molecule has 0 N–H and O–H groups in total. The van der Waals surface area contributed by atoms with Gasteiger partial charge < -0.3 is 4.90 Å². The molecule has 1 saturated carbocycles. The van der Waals surface area contributed by atoms with E-state index in [1.807, 2.05) is 0 Å². The summed E-state index contributed by atoms with van der Waals surface area (Å²) in [4.78, 5) is 2.51. The maximum Gasteiger partial charge on any atom is 0.0532 e. The van der Waals surface area contributed by atoms with Gasteiger partial charge in [0.05, 0.1) is 5.70 Å². The van der Waals surface area contributed by atoms with Gasteiger partial charge in [0, 0.05) is 17.3 Å². The van der Waals surface area contributed by atoms with Crippen LogP contribution in [-0.2, 0) is 0 Å². The Labute approximate surface area is 297 Å². The molecule has 238 valence electrons. The molecule has 11 rings (SSSR count). The Morgan fingerprint density at radius 2 is 0.843 bits per heavy atom. The number of benzene rings is 9. The molecule has 1 heterocycles. The van der Waals surface area contributed by atoms with E-state index >= 15 is 0 Å². The number of hydrogen-bond donors (Lipinski definition) is 0. The standard InChI is InChI=1S/C50H33N/c1-3-13-38-35(11-1)29-45(42-17-7-5-15-40(38)42)32-21-23-34(24-22-32)50-48-31-47(48)44-19-9-10-20-49(44)51(50)37-27-25-33(26-28-37)46-30-36-12-2-4-14-39(36)41-16-6-8-18-43(41)46/h1-30,47H,31H2. The molecule has 0 amide bonds. The van der Waals surface area contributed by atoms with E-state index in [4.69, 9.17) is 0 Å². The van der Waals surface area contributed by atoms with Crippen molar-refractivity contribution in [2.75, 3.05) is 4.90 Å². The van der Waals surface area contributed by atoms with Crippen LogP contribution >= 0.6 is 0 Å². The molecule has 2 aliphatic rings. The van der Waals surface area contributed by atoms with Gasteiger partial charge in [-0.15, -0.1) is 0 Å². The smallest absolute Gasteiger partial charge is 0.0532 e. The lowest BCUT2D eigenvalue weighted by Crippen LogP contribution is -2.19. The molecule has 0 bridgehead atoms. The topological polar surface area (TPSA) is 3.24 Å². The molecule has 0 saturated heterocycles. The predicted octanol–water partition coefficient (Wildman–Crippen LogP) is 13.7. The lowest BCUT2D eigenvalue weighted by Gasteiger charge is -2.33. The van der Waals surface area contributed by atoms with Crippen molar-refractivity contribution < 1.29 is 0 Å². The van der Waals surface area contributed by atoms with Gasteiger partial charge in [0.15, 0.2) is 0 Å². The number of fused-ring (bicyclic) bond motifs is 9. The summed E-state index contributed by atoms with van der Waals surface area (Å²) < 4.78 is 0. The molecule has 1 aliphatic heterocycles. The fourth-order valence-corrected chi connectivity index (χ4v) is 8.74. The maximum absolute atomic E-state index is 2.51. The Balaban J connectivity index is 1.02. The summed E-state index contributed by atoms with van der Waals surface area (Å²) in [6.45, 7) is 0. The lowest BCUT2D eigenvalue weighted by atomic mass is 9.92. The van der Waals surface area contributed by atoms with E-state index in [9.17, 15) is 0 Å². The van der Waals surface area contributed by atoms with Crippen molar-refractivity contribution in [2.45, 2.75) is 12.3 Å². The Bertz CT molecular complexity index is 2880. The van der Waals surface area contributed by atoms with Crippen molar-refractivity contribution in [3.63, 3.8) is 0 Å². The average Bonchev–Trinajstić information content (AvgIpc) is 4.01. The highest BCUT2D eigenvalue weighted by molar-refractivity contribution is 6.15. The summed E-state index contributed by atoms with van der Waals surface area (Å²) in [6, 6.07) is 67.3. The van der Waals surface area contributed by atoms with Crippen LogP contribution in [0.5, 0.6) is 0 Å². The lowest BCUT2D eigenvalue weighted by molar-refractivity contribution is 1.11. The highest BCUT2D eigenvalue weighted by Crippen LogP contribution is 2.60. The van der Waals surface area contributed by atoms with E-state index in [-0.39, 0.29) is 0 Å². The van der Waals surface area contributed by atoms with Gasteiger partial charge in [-0.25, -0.2) is 0 Å². The van der Waals surface area contributed by atoms with Crippen molar-refractivity contribution in [3.8, 4) is 22.3 Å². The molecule has 9 aromatic carbocycles. The minimum Gasteiger partial charge on any atom is -0.310 e. The van der Waals surface area contributed by atoms with E-state index in [1.165, 1.54) is 99.1 Å². The number of allylic oxidation sites excluding steroid dienone is 1. The first kappa shape index (κ1) is 28.4. The highest BCUT2D eigenvalue weighted by atomic mass is 15.2. The first-order valence-electron chi connectivity index (χ1n) is 17.9. The zero-order valence-electron chi connectivity index (χ0n) is 28.1. The Hall–Kier alpha value is -6.44. The molecule has 51 heavy (non-hydrogen) atoms. The third-order valence-corrected chi connectivity index (χ3v) is 11.2. The monoisotopic (exact) mass is 647 g/mol. The van der Waals surface area contributed by atoms with Crippen LogP contribution in [0, 0.1) is 0 Å². The van der Waals surface area contributed by atoms with E-state index < -0.39 is 0 Å². The maximum atomic E-state index is 2.51. The Morgan fingerprint density at radius 1 is 0.392 bits per heavy atom. The van der Waals surface area contributed by atoms with Gasteiger partial charge in [-0.05, 0) is 119 Å². The van der Waals surface area contributed by atoms with Crippen molar-refractivity contribution in [1.82, 2.24) is 0 Å². The van der Waals surface area contributed by atoms with E-state index in [2.05, 4.69) is 187 Å². The summed E-state index contributed by atoms with van der Waals surface area (Å²) in [7, 11) is 0. The normalized spacial score (nSPS) is 15.1. The van der Waals surface area contributed by atoms with E-state index in [0.29, 0.717) is 5.92 Å². The Kier molecular flexibility index (Phi) is 6.15. The summed E-state index contributed by atoms with van der Waals surface area (Å²) in [6.07, 6.45) is 1.11. The third-order valence-electron chi connectivity index (χ3n) is 11.2. The molecular weight excluding hydrogens is 615 g/mol. The molecule has 1 fully saturated rings. The predicted molar refractivity (Wildman–Crippen MR) is 217 cm³/mol. The van der Waals surface area contributed by atoms with Gasteiger partial charge in [-0.2, -0.15) is 0 Å². The molecule has 9 aromatic rings. The van der Waals surface area contributed by atoms with Gasteiger partial charge >= 0.3 is 0 Å². The highest BCUT2D eigenvalue weighted by Gasteiger charge is 2.43. The van der Waals surface area contributed by atoms with Gasteiger partial charge in [0.25, 0.3) is 0 Å². The minimum atomic E-state index is 0.500. The van der Waals surface area contributed by atoms with Crippen LogP contribution in [0.2, 0.25) is 0 Å². The number of rotatable bonds is 4. The second kappa shape index (κ2) is 11.0. The van der Waals surface area contributed by atoms with Crippen molar-refractivity contribution in [3.05, 3.63) is 199 Å². The zero-order chi connectivity index (χ0) is 33.5. The summed E-state index contributed by atoms with van der Waals surface area (Å²) in [5, 5.41) is 10.3. The van der Waals surface area contributed by atoms with Crippen LogP contribution < -0.4 is 4.90 Å². The third kappa shape index (κ3) is 4.41. The van der Waals surface area contributed by atoms with Crippen LogP contribution in [0.3, 0.4) is 0 Å². The second-order valence-corrected chi connectivity index (χ2v) is 14.0. The van der Waals surface area contributed by atoms with Crippen LogP contribution in [0.4, 0.5) is 11.4 Å². The minimum absolute atomic E-state index is 0.500. The quantitative estimate of drug-likeness (QED) is 0.172. The Morgan fingerprint density at radius 3 is 1.43 bits per heavy atom. The van der Waals surface area contributed by atoms with E-state index in [1.54, 1.807) is 0 Å². The van der Waals surface area contributed by atoms with Gasteiger partial charge in [-0.3, -0.25) is 0 Å². The van der Waals surface area contributed by atoms with Crippen LogP contribution in [0.25, 0.3) is 71.0 Å². The first-order valence-corrected chi connectivity index (χ1v) is 17.9. The summed E-state index contributed by atoms with van der Waals surface area (Å²) >= 11 is 0. The van der Waals surface area contributed by atoms with Gasteiger partial charge in [-0.1, -0.05) is 152 Å². The fourth-order valence-electron chi connectivity index (χ4n) is 8.74. The van der Waals surface area contributed by atoms with E-state index in [0.717, 1.165) is 6.42 Å². The number of anilines is 2. The average molecular weight is 648 g/mol. The van der Waals surface area contributed by atoms with Gasteiger partial charge in [0.2, 0.25) is 0 Å². The van der Waals surface area contributed by atoms with Crippen molar-refractivity contribution >= 4 is 60.2 Å². The second-order valence-electron chi connectivity index (χ2n) is 14.0. The molecule has 0 radical (unpaired) electrons. The van der Waals surface area contributed by atoms with Crippen molar-refractivity contribution in [1.29, 1.82) is 0 Å². The van der Waals surface area contributed by atoms with Gasteiger partial charge in [0.1, 0.15) is 0 Å². The largest absolute Gasteiger partial charge is 0.310 e. The molecule has 1 nitrogen and oxygen atoms in total. The van der Waals surface area contributed by atoms with Crippen LogP contribution in [-0.4, -0.2) is 0 Å². The number of nitrogens with zero attached hydrogens (tertiary/aromatic N) is 1. The van der Waals surface area contributed by atoms with Crippen LogP contribution in [0.1, 0.15) is 23.5 Å². The first-order chi connectivity index (χ1) is 25.3. The molecule has 1 atom stereocenters. The molecule has 1 aliphatic carbocycles. The number of hydrogen-bond acceptors (Lipinski definition) is 1. The molecule has 0 aromatic heterocycles. The fraction of sp³-hybridized carbons (Fsp3) is 0.0400. The molecular formula is C50H33N. The number of para-hydroxylation sites is 1. The summed E-state index contributed by atoms with van der Waals surface area (Å²) in [5.41, 5.74) is 13.1. The molecule has 1 heteroatoms. The van der Waals surface area contributed by atoms with Crippen LogP contribution in [0.15, 0.2) is 188 Å². The SMILES string of the molecule is c1ccc2c(c1)C1CC1=C(c1ccc(-c3cc4ccccc4c4ccccc34)cc1)N2c1ccc(-c2cc3ccccc3c3ccccc23)cc1. The summed E-state index contributed by atoms with van der Waals surface area (Å²) in [5.74, 6) is 0.500.